The quantitative estimate of drug-likeness (QED) is 0.394. The fourth-order valence-corrected chi connectivity index (χ4v) is 5.13. The lowest BCUT2D eigenvalue weighted by Gasteiger charge is -2.38. The van der Waals surface area contributed by atoms with Gasteiger partial charge in [0.2, 0.25) is 5.56 Å². The molecule has 0 aliphatic carbocycles. The van der Waals surface area contributed by atoms with Crippen molar-refractivity contribution in [3.05, 3.63) is 75.2 Å². The topological polar surface area (TPSA) is 97.5 Å². The molecule has 2 heterocycles. The number of aromatic nitrogens is 1. The normalized spacial score (nSPS) is 16.6. The van der Waals surface area contributed by atoms with E-state index in [4.69, 9.17) is 16.3 Å². The summed E-state index contributed by atoms with van der Waals surface area (Å²) in [6, 6.07) is 6.42. The first-order valence-corrected chi connectivity index (χ1v) is 13.2. The molecule has 2 aromatic rings. The number of aryl methyl sites for hydroxylation is 1. The Balaban J connectivity index is 1.87. The number of benzene rings is 1. The van der Waals surface area contributed by atoms with Crippen molar-refractivity contribution in [2.75, 3.05) is 19.7 Å². The number of carbonyl (C=O) groups excluding carboxylic acids is 1. The molecule has 0 saturated carbocycles. The second kappa shape index (κ2) is 11.6. The van der Waals surface area contributed by atoms with Crippen LogP contribution in [0.5, 0.6) is 5.75 Å². The van der Waals surface area contributed by atoms with Crippen LogP contribution in [0.1, 0.15) is 61.1 Å². The third-order valence-electron chi connectivity index (χ3n) is 6.10. The Morgan fingerprint density at radius 2 is 2.06 bits per heavy atom. The van der Waals surface area contributed by atoms with Crippen LogP contribution >= 0.6 is 11.6 Å². The number of nitrogens with zero attached hydrogens (tertiary/aromatic N) is 1. The Morgan fingerprint density at radius 1 is 1.37 bits per heavy atom. The summed E-state index contributed by atoms with van der Waals surface area (Å²) in [5.74, 6) is 0.670. The van der Waals surface area contributed by atoms with Crippen LogP contribution in [0, 0.1) is 12.8 Å². The highest BCUT2D eigenvalue weighted by Gasteiger charge is 2.37. The predicted octanol–water partition coefficient (Wildman–Crippen LogP) is 4.55. The van der Waals surface area contributed by atoms with E-state index < -0.39 is 16.1 Å². The second-order valence-corrected chi connectivity index (χ2v) is 12.2. The van der Waals surface area contributed by atoms with Crippen molar-refractivity contribution < 1.29 is 14.1 Å². The van der Waals surface area contributed by atoms with Crippen LogP contribution in [0.2, 0.25) is 5.02 Å². The minimum Gasteiger partial charge on any atom is -0.598 e. The highest BCUT2D eigenvalue weighted by molar-refractivity contribution is 7.90. The van der Waals surface area contributed by atoms with Gasteiger partial charge in [-0.1, -0.05) is 24.3 Å². The number of likely N-dealkylation sites (tertiary alicyclic amines) is 1. The van der Waals surface area contributed by atoms with Gasteiger partial charge in [-0.15, -0.1) is 4.72 Å². The minimum absolute atomic E-state index is 0.103. The van der Waals surface area contributed by atoms with Gasteiger partial charge in [-0.25, -0.2) is 0 Å². The number of amides is 1. The summed E-state index contributed by atoms with van der Waals surface area (Å²) in [5, 5.41) is 0.616. The molecule has 1 saturated heterocycles. The minimum atomic E-state index is -1.33. The number of nitrogens with one attached hydrogen (secondary N) is 2. The predicted molar refractivity (Wildman–Crippen MR) is 141 cm³/mol. The van der Waals surface area contributed by atoms with Gasteiger partial charge in [0.1, 0.15) is 17.1 Å². The van der Waals surface area contributed by atoms with E-state index in [-0.39, 0.29) is 23.4 Å². The second-order valence-electron chi connectivity index (χ2n) is 9.79. The van der Waals surface area contributed by atoms with Crippen LogP contribution in [0.15, 0.2) is 47.9 Å². The van der Waals surface area contributed by atoms with Gasteiger partial charge in [0.25, 0.3) is 5.91 Å². The third-order valence-corrected chi connectivity index (χ3v) is 8.09. The summed E-state index contributed by atoms with van der Waals surface area (Å²) >= 11 is 5.19. The molecule has 1 aliphatic rings. The molecule has 2 atom stereocenters. The maximum atomic E-state index is 13.2. The molecule has 7 nitrogen and oxygen atoms in total. The summed E-state index contributed by atoms with van der Waals surface area (Å²) in [4.78, 5) is 28.6. The molecule has 2 N–H and O–H groups in total. The van der Waals surface area contributed by atoms with Crippen LogP contribution in [0.25, 0.3) is 0 Å². The zero-order valence-corrected chi connectivity index (χ0v) is 22.3. The maximum Gasteiger partial charge on any atom is 0.255 e. The Morgan fingerprint density at radius 3 is 2.63 bits per heavy atom. The van der Waals surface area contributed by atoms with Crippen molar-refractivity contribution in [1.82, 2.24) is 14.6 Å². The van der Waals surface area contributed by atoms with E-state index in [0.29, 0.717) is 48.9 Å². The molecule has 1 amide bonds. The first-order chi connectivity index (χ1) is 16.5. The first-order valence-electron chi connectivity index (χ1n) is 11.7. The van der Waals surface area contributed by atoms with Crippen molar-refractivity contribution in [1.29, 1.82) is 0 Å². The maximum absolute atomic E-state index is 13.2. The molecule has 0 radical (unpaired) electrons. The van der Waals surface area contributed by atoms with Crippen LogP contribution in [-0.2, 0) is 11.4 Å². The number of hydrogen-bond donors (Lipinski definition) is 2. The Labute approximate surface area is 215 Å². The van der Waals surface area contributed by atoms with Crippen molar-refractivity contribution in [2.24, 2.45) is 5.92 Å². The fourth-order valence-electron chi connectivity index (χ4n) is 4.05. The van der Waals surface area contributed by atoms with Gasteiger partial charge in [-0.3, -0.25) is 9.59 Å². The van der Waals surface area contributed by atoms with Crippen LogP contribution in [0.4, 0.5) is 0 Å². The van der Waals surface area contributed by atoms with Crippen LogP contribution < -0.4 is 15.0 Å². The standard InChI is InChI=1S/C26H34ClN3O4S/c1-6-13-34-22-14-17(2)21(27)15-20(22)24(29-35(33)26(3,4)5)18-9-11-30(12-10-18)25(32)19-7-8-23(31)28-16-19/h6-8,14-16,18,24,29H,1,9-13H2,2-5H3,(H,28,31)/t24?,35-/m0/s1. The Kier molecular flexibility index (Phi) is 9.10. The Hall–Kier alpha value is -2.26. The van der Waals surface area contributed by atoms with Gasteiger partial charge in [0.05, 0.1) is 11.6 Å². The smallest absolute Gasteiger partial charge is 0.255 e. The molecule has 0 spiro atoms. The zero-order valence-electron chi connectivity index (χ0n) is 20.7. The number of rotatable bonds is 8. The monoisotopic (exact) mass is 519 g/mol. The molecular formula is C26H34ClN3O4S. The van der Waals surface area contributed by atoms with E-state index in [0.717, 1.165) is 11.1 Å². The Bertz CT molecular complexity index is 1090. The molecule has 1 aromatic carbocycles. The van der Waals surface area contributed by atoms with Gasteiger partial charge >= 0.3 is 0 Å². The highest BCUT2D eigenvalue weighted by atomic mass is 35.5. The van der Waals surface area contributed by atoms with Gasteiger partial charge in [0, 0.05) is 47.3 Å². The van der Waals surface area contributed by atoms with Crippen LogP contribution in [0.3, 0.4) is 0 Å². The lowest BCUT2D eigenvalue weighted by molar-refractivity contribution is 0.0673. The van der Waals surface area contributed by atoms with Crippen molar-refractivity contribution in [3.63, 3.8) is 0 Å². The number of halogens is 1. The van der Waals surface area contributed by atoms with Crippen molar-refractivity contribution in [3.8, 4) is 5.75 Å². The molecule has 1 unspecified atom stereocenters. The van der Waals surface area contributed by atoms with Crippen molar-refractivity contribution in [2.45, 2.75) is 51.3 Å². The first kappa shape index (κ1) is 27.3. The average Bonchev–Trinajstić information content (AvgIpc) is 2.82. The molecule has 3 rings (SSSR count). The summed E-state index contributed by atoms with van der Waals surface area (Å²) in [6.45, 7) is 12.9. The SMILES string of the molecule is C=CCOc1cc(C)c(Cl)cc1C(N[S@@+]([O-])C(C)(C)C)C1CCN(C(=O)c2ccc(=O)[nH]c2)CC1. The number of carbonyl (C=O) groups is 1. The van der Waals surface area contributed by atoms with Crippen molar-refractivity contribution >= 4 is 28.9 Å². The summed E-state index contributed by atoms with van der Waals surface area (Å²) in [7, 11) is 0. The summed E-state index contributed by atoms with van der Waals surface area (Å²) in [6.07, 6.45) is 4.55. The summed E-state index contributed by atoms with van der Waals surface area (Å²) < 4.78 is 22.0. The van der Waals surface area contributed by atoms with E-state index in [1.54, 1.807) is 17.0 Å². The number of ether oxygens (including phenoxy) is 1. The van der Waals surface area contributed by atoms with Gasteiger partial charge < -0.3 is 19.2 Å². The number of hydrogen-bond acceptors (Lipinski definition) is 5. The molecule has 1 fully saturated rings. The molecule has 0 bridgehead atoms. The largest absolute Gasteiger partial charge is 0.598 e. The molecule has 190 valence electrons. The van der Waals surface area contributed by atoms with Gasteiger partial charge in [-0.05, 0) is 70.2 Å². The van der Waals surface area contributed by atoms with Gasteiger partial charge in [0.15, 0.2) is 0 Å². The third kappa shape index (κ3) is 6.91. The average molecular weight is 520 g/mol. The number of H-pyrrole nitrogens is 1. The van der Waals surface area contributed by atoms with E-state index in [1.165, 1.54) is 12.3 Å². The number of piperidine rings is 1. The molecule has 1 aliphatic heterocycles. The van der Waals surface area contributed by atoms with E-state index in [9.17, 15) is 14.1 Å². The molecular weight excluding hydrogens is 486 g/mol. The van der Waals surface area contributed by atoms with Gasteiger partial charge in [-0.2, -0.15) is 0 Å². The number of pyridine rings is 1. The molecule has 35 heavy (non-hydrogen) atoms. The highest BCUT2D eigenvalue weighted by Crippen LogP contribution is 2.39. The van der Waals surface area contributed by atoms with Crippen LogP contribution in [-0.4, -0.2) is 44.8 Å². The fraction of sp³-hybridized carbons (Fsp3) is 0.462. The molecule has 9 heteroatoms. The molecule has 1 aromatic heterocycles. The summed E-state index contributed by atoms with van der Waals surface area (Å²) in [5.41, 5.74) is 1.96. The lowest BCUT2D eigenvalue weighted by Crippen LogP contribution is -2.46. The zero-order chi connectivity index (χ0) is 25.8. The van der Waals surface area contributed by atoms with E-state index >= 15 is 0 Å². The van der Waals surface area contributed by atoms with E-state index in [2.05, 4.69) is 16.3 Å². The van der Waals surface area contributed by atoms with E-state index in [1.807, 2.05) is 39.8 Å². The lowest BCUT2D eigenvalue weighted by atomic mass is 9.85. The number of aromatic amines is 1.